The standard InChI is InChI=1S/C13H22N4O2/c1-5-7-14-11-8-10(17(18)19)9-12(15-11)16-13(3,4)6-2/h8-9H,5-7H2,1-4H3,(H2,14,15,16). The first-order valence-corrected chi connectivity index (χ1v) is 6.56. The molecule has 19 heavy (non-hydrogen) atoms. The molecule has 1 aromatic heterocycles. The zero-order valence-electron chi connectivity index (χ0n) is 12.0. The van der Waals surface area contributed by atoms with Crippen molar-refractivity contribution >= 4 is 17.3 Å². The number of nitro groups is 1. The highest BCUT2D eigenvalue weighted by molar-refractivity contribution is 5.55. The molecule has 6 nitrogen and oxygen atoms in total. The van der Waals surface area contributed by atoms with Gasteiger partial charge in [0.05, 0.1) is 17.1 Å². The molecular formula is C13H22N4O2. The predicted molar refractivity (Wildman–Crippen MR) is 77.7 cm³/mol. The maximum Gasteiger partial charge on any atom is 0.276 e. The van der Waals surface area contributed by atoms with Crippen LogP contribution in [0.15, 0.2) is 12.1 Å². The minimum absolute atomic E-state index is 0.0445. The molecule has 0 unspecified atom stereocenters. The van der Waals surface area contributed by atoms with Gasteiger partial charge in [0, 0.05) is 12.1 Å². The molecule has 1 rings (SSSR count). The first-order valence-electron chi connectivity index (χ1n) is 6.56. The summed E-state index contributed by atoms with van der Waals surface area (Å²) in [5, 5.41) is 17.2. The number of pyridine rings is 1. The summed E-state index contributed by atoms with van der Waals surface area (Å²) in [4.78, 5) is 14.9. The van der Waals surface area contributed by atoms with Gasteiger partial charge in [-0.05, 0) is 26.7 Å². The van der Waals surface area contributed by atoms with Crippen LogP contribution in [0.2, 0.25) is 0 Å². The smallest absolute Gasteiger partial charge is 0.276 e. The zero-order chi connectivity index (χ0) is 14.5. The van der Waals surface area contributed by atoms with Gasteiger partial charge >= 0.3 is 0 Å². The van der Waals surface area contributed by atoms with Crippen LogP contribution in [0.25, 0.3) is 0 Å². The second-order valence-electron chi connectivity index (χ2n) is 5.14. The lowest BCUT2D eigenvalue weighted by atomic mass is 10.0. The van der Waals surface area contributed by atoms with Gasteiger partial charge in [0.1, 0.15) is 11.6 Å². The Bertz CT molecular complexity index is 446. The quantitative estimate of drug-likeness (QED) is 0.584. The van der Waals surface area contributed by atoms with Gasteiger partial charge in [0.25, 0.3) is 5.69 Å². The molecule has 1 heterocycles. The van der Waals surface area contributed by atoms with E-state index in [0.717, 1.165) is 19.4 Å². The van der Waals surface area contributed by atoms with Crippen LogP contribution in [0.3, 0.4) is 0 Å². The first-order chi connectivity index (χ1) is 8.88. The van der Waals surface area contributed by atoms with Gasteiger partial charge in [0.2, 0.25) is 0 Å². The van der Waals surface area contributed by atoms with Crippen LogP contribution in [0.1, 0.15) is 40.5 Å². The summed E-state index contributed by atoms with van der Waals surface area (Å²) >= 11 is 0. The molecule has 1 aromatic rings. The van der Waals surface area contributed by atoms with Crippen LogP contribution in [0, 0.1) is 10.1 Å². The van der Waals surface area contributed by atoms with Crippen LogP contribution >= 0.6 is 0 Å². The second-order valence-corrected chi connectivity index (χ2v) is 5.14. The molecule has 106 valence electrons. The Hall–Kier alpha value is -1.85. The van der Waals surface area contributed by atoms with Crippen molar-refractivity contribution in [3.8, 4) is 0 Å². The van der Waals surface area contributed by atoms with E-state index in [-0.39, 0.29) is 11.2 Å². The summed E-state index contributed by atoms with van der Waals surface area (Å²) < 4.78 is 0. The normalized spacial score (nSPS) is 11.2. The molecule has 0 amide bonds. The van der Waals surface area contributed by atoms with Crippen molar-refractivity contribution in [1.82, 2.24) is 4.98 Å². The summed E-state index contributed by atoms with van der Waals surface area (Å²) in [5.41, 5.74) is -0.104. The number of aromatic nitrogens is 1. The fourth-order valence-electron chi connectivity index (χ4n) is 1.46. The third-order valence-corrected chi connectivity index (χ3v) is 2.93. The Labute approximate surface area is 113 Å². The van der Waals surface area contributed by atoms with Crippen molar-refractivity contribution in [1.29, 1.82) is 0 Å². The molecule has 0 bridgehead atoms. The number of rotatable bonds is 7. The van der Waals surface area contributed by atoms with Crippen molar-refractivity contribution in [2.45, 2.75) is 46.1 Å². The van der Waals surface area contributed by atoms with Gasteiger partial charge in [-0.15, -0.1) is 0 Å². The Morgan fingerprint density at radius 1 is 1.32 bits per heavy atom. The fourth-order valence-corrected chi connectivity index (χ4v) is 1.46. The Morgan fingerprint density at radius 2 is 1.95 bits per heavy atom. The lowest BCUT2D eigenvalue weighted by Crippen LogP contribution is -2.30. The van der Waals surface area contributed by atoms with Gasteiger partial charge in [-0.3, -0.25) is 10.1 Å². The molecule has 0 aliphatic rings. The topological polar surface area (TPSA) is 80.1 Å². The van der Waals surface area contributed by atoms with E-state index in [9.17, 15) is 10.1 Å². The van der Waals surface area contributed by atoms with Crippen molar-refractivity contribution in [2.24, 2.45) is 0 Å². The Morgan fingerprint density at radius 3 is 2.47 bits per heavy atom. The van der Waals surface area contributed by atoms with Gasteiger partial charge in [-0.2, -0.15) is 0 Å². The van der Waals surface area contributed by atoms with E-state index in [4.69, 9.17) is 0 Å². The number of nitrogens with one attached hydrogen (secondary N) is 2. The summed E-state index contributed by atoms with van der Waals surface area (Å²) in [6, 6.07) is 2.92. The molecule has 0 fully saturated rings. The lowest BCUT2D eigenvalue weighted by Gasteiger charge is -2.25. The molecule has 0 saturated carbocycles. The summed E-state index contributed by atoms with van der Waals surface area (Å²) in [6.07, 6.45) is 1.84. The van der Waals surface area contributed by atoms with Crippen LogP contribution in [-0.2, 0) is 0 Å². The minimum atomic E-state index is -0.400. The largest absolute Gasteiger partial charge is 0.370 e. The van der Waals surface area contributed by atoms with Crippen molar-refractivity contribution in [3.05, 3.63) is 22.2 Å². The van der Waals surface area contributed by atoms with Gasteiger partial charge in [-0.1, -0.05) is 13.8 Å². The average molecular weight is 266 g/mol. The van der Waals surface area contributed by atoms with E-state index >= 15 is 0 Å². The van der Waals surface area contributed by atoms with E-state index in [1.165, 1.54) is 12.1 Å². The molecule has 0 atom stereocenters. The molecule has 0 radical (unpaired) electrons. The first kappa shape index (κ1) is 15.2. The predicted octanol–water partition coefficient (Wildman–Crippen LogP) is 3.41. The Kier molecular flexibility index (Phi) is 5.09. The monoisotopic (exact) mass is 266 g/mol. The van der Waals surface area contributed by atoms with E-state index in [0.29, 0.717) is 11.6 Å². The van der Waals surface area contributed by atoms with E-state index in [1.807, 2.05) is 20.8 Å². The number of hydrogen-bond acceptors (Lipinski definition) is 5. The summed E-state index contributed by atoms with van der Waals surface area (Å²) in [5.74, 6) is 1.06. The highest BCUT2D eigenvalue weighted by atomic mass is 16.6. The molecule has 0 spiro atoms. The Balaban J connectivity index is 3.02. The minimum Gasteiger partial charge on any atom is -0.370 e. The van der Waals surface area contributed by atoms with Gasteiger partial charge in [0.15, 0.2) is 0 Å². The molecule has 0 aliphatic carbocycles. The van der Waals surface area contributed by atoms with Crippen LogP contribution in [0.4, 0.5) is 17.3 Å². The zero-order valence-corrected chi connectivity index (χ0v) is 12.0. The number of hydrogen-bond donors (Lipinski definition) is 2. The highest BCUT2D eigenvalue weighted by Crippen LogP contribution is 2.24. The van der Waals surface area contributed by atoms with E-state index in [2.05, 4.69) is 22.5 Å². The molecular weight excluding hydrogens is 244 g/mol. The fraction of sp³-hybridized carbons (Fsp3) is 0.615. The van der Waals surface area contributed by atoms with Gasteiger partial charge in [-0.25, -0.2) is 4.98 Å². The second kappa shape index (κ2) is 6.36. The maximum absolute atomic E-state index is 10.9. The van der Waals surface area contributed by atoms with E-state index < -0.39 is 4.92 Å². The third kappa shape index (κ3) is 4.73. The van der Waals surface area contributed by atoms with Crippen LogP contribution in [-0.4, -0.2) is 22.0 Å². The third-order valence-electron chi connectivity index (χ3n) is 2.93. The number of anilines is 2. The number of nitrogens with zero attached hydrogens (tertiary/aromatic N) is 2. The summed E-state index contributed by atoms with van der Waals surface area (Å²) in [7, 11) is 0. The van der Waals surface area contributed by atoms with Gasteiger partial charge < -0.3 is 10.6 Å². The highest BCUT2D eigenvalue weighted by Gasteiger charge is 2.18. The van der Waals surface area contributed by atoms with Crippen molar-refractivity contribution in [3.63, 3.8) is 0 Å². The summed E-state index contributed by atoms with van der Waals surface area (Å²) in [6.45, 7) is 8.90. The molecule has 0 aliphatic heterocycles. The van der Waals surface area contributed by atoms with Crippen molar-refractivity contribution < 1.29 is 4.92 Å². The molecule has 0 saturated heterocycles. The lowest BCUT2D eigenvalue weighted by molar-refractivity contribution is -0.384. The van der Waals surface area contributed by atoms with Crippen molar-refractivity contribution in [2.75, 3.05) is 17.2 Å². The van der Waals surface area contributed by atoms with Crippen LogP contribution < -0.4 is 10.6 Å². The molecule has 0 aromatic carbocycles. The SMILES string of the molecule is CCCNc1cc([N+](=O)[O-])cc(NC(C)(C)CC)n1. The maximum atomic E-state index is 10.9. The average Bonchev–Trinajstić information content (AvgIpc) is 2.35. The van der Waals surface area contributed by atoms with E-state index in [1.54, 1.807) is 0 Å². The van der Waals surface area contributed by atoms with Crippen LogP contribution in [0.5, 0.6) is 0 Å². The molecule has 2 N–H and O–H groups in total. The molecule has 6 heteroatoms.